The predicted octanol–water partition coefficient (Wildman–Crippen LogP) is 2.33. The molecule has 0 heterocycles. The molecule has 0 unspecified atom stereocenters. The summed E-state index contributed by atoms with van der Waals surface area (Å²) in [4.78, 5) is 20.8. The second-order valence-electron chi connectivity index (χ2n) is 7.69. The van der Waals surface area contributed by atoms with Crippen molar-refractivity contribution in [1.82, 2.24) is 4.72 Å². The van der Waals surface area contributed by atoms with Crippen LogP contribution in [-0.2, 0) is 36.0 Å². The Bertz CT molecular complexity index is 1570. The summed E-state index contributed by atoms with van der Waals surface area (Å²) in [5.41, 5.74) is 1.40. The Balaban J connectivity index is 0.00000481. The van der Waals surface area contributed by atoms with Crippen LogP contribution in [0.5, 0.6) is 11.5 Å². The summed E-state index contributed by atoms with van der Waals surface area (Å²) in [7, 11) is -7.69. The van der Waals surface area contributed by atoms with Gasteiger partial charge in [0.15, 0.2) is 15.6 Å². The van der Waals surface area contributed by atoms with Gasteiger partial charge in [0.05, 0.1) is 16.5 Å². The van der Waals surface area contributed by atoms with E-state index in [0.29, 0.717) is 16.7 Å². The fourth-order valence-corrected chi connectivity index (χ4v) is 5.40. The third kappa shape index (κ3) is 7.78. The van der Waals surface area contributed by atoms with Crippen molar-refractivity contribution in [3.05, 3.63) is 71.8 Å². The van der Waals surface area contributed by atoms with Crippen molar-refractivity contribution in [3.8, 4) is 28.7 Å². The minimum absolute atomic E-state index is 0. The van der Waals surface area contributed by atoms with Crippen LogP contribution in [0.1, 0.15) is 18.1 Å². The maximum absolute atomic E-state index is 12.6. The number of rotatable bonds is 9. The number of benzene rings is 3. The van der Waals surface area contributed by atoms with E-state index in [-0.39, 0.29) is 58.7 Å². The first kappa shape index (κ1) is 30.3. The van der Waals surface area contributed by atoms with Crippen molar-refractivity contribution >= 4 is 55.4 Å². The standard InChI is InChI=1S/C24H22N2O8S2.Na/c1-16(27)33-34-22-14-19(20-5-3-4-6-23(20)35(2,29)30)9-8-18(22)11-12-26-36(31,32)24-13-17(15-25)7-10-21(24)28;/h3-10,13-14,26,28H,11-12H2,1-2H3;. The van der Waals surface area contributed by atoms with Gasteiger partial charge in [-0.15, -0.1) is 0 Å². The van der Waals surface area contributed by atoms with Crippen molar-refractivity contribution in [3.63, 3.8) is 0 Å². The number of aromatic hydroxyl groups is 1. The largest absolute Gasteiger partial charge is 0.507 e. The maximum Gasteiger partial charge on any atom is 0.352 e. The number of phenols is 1. The van der Waals surface area contributed by atoms with E-state index in [1.807, 2.05) is 6.07 Å². The topological polar surface area (TPSA) is 160 Å². The van der Waals surface area contributed by atoms with E-state index < -0.39 is 36.5 Å². The molecule has 0 saturated heterocycles. The Morgan fingerprint density at radius 2 is 1.73 bits per heavy atom. The summed E-state index contributed by atoms with van der Waals surface area (Å²) in [5.74, 6) is -1.15. The van der Waals surface area contributed by atoms with Crippen LogP contribution in [-0.4, -0.2) is 70.3 Å². The Kier molecular flexibility index (Phi) is 10.3. The third-order valence-corrected chi connectivity index (χ3v) is 7.62. The van der Waals surface area contributed by atoms with Crippen LogP contribution in [0.2, 0.25) is 0 Å². The van der Waals surface area contributed by atoms with Crippen LogP contribution in [0.4, 0.5) is 0 Å². The van der Waals surface area contributed by atoms with Crippen molar-refractivity contribution in [2.45, 2.75) is 23.1 Å². The molecule has 189 valence electrons. The van der Waals surface area contributed by atoms with Crippen molar-refractivity contribution in [2.24, 2.45) is 0 Å². The summed E-state index contributed by atoms with van der Waals surface area (Å²) >= 11 is 0. The molecule has 0 fully saturated rings. The van der Waals surface area contributed by atoms with Gasteiger partial charge in [-0.05, 0) is 42.3 Å². The van der Waals surface area contributed by atoms with Gasteiger partial charge in [0.25, 0.3) is 0 Å². The molecule has 10 nitrogen and oxygen atoms in total. The van der Waals surface area contributed by atoms with E-state index in [1.54, 1.807) is 30.3 Å². The van der Waals surface area contributed by atoms with E-state index in [9.17, 15) is 26.7 Å². The summed E-state index contributed by atoms with van der Waals surface area (Å²) in [6.07, 6.45) is 1.18. The molecule has 3 aromatic carbocycles. The molecule has 13 heteroatoms. The molecule has 2 N–H and O–H groups in total. The minimum atomic E-state index is -4.15. The molecule has 1 radical (unpaired) electrons. The third-order valence-electron chi connectivity index (χ3n) is 4.98. The molecular formula is C24H22N2NaO8S2. The van der Waals surface area contributed by atoms with Crippen molar-refractivity contribution in [1.29, 1.82) is 5.26 Å². The monoisotopic (exact) mass is 553 g/mol. The van der Waals surface area contributed by atoms with Crippen molar-refractivity contribution in [2.75, 3.05) is 12.8 Å². The number of carbonyl (C=O) groups is 1. The second-order valence-corrected chi connectivity index (χ2v) is 11.4. The number of sulfonamides is 1. The zero-order chi connectivity index (χ0) is 26.5. The van der Waals surface area contributed by atoms with Gasteiger partial charge in [0.2, 0.25) is 10.0 Å². The van der Waals surface area contributed by atoms with Gasteiger partial charge < -0.3 is 5.11 Å². The smallest absolute Gasteiger partial charge is 0.352 e. The molecule has 3 rings (SSSR count). The number of nitrogens with one attached hydrogen (secondary N) is 1. The van der Waals surface area contributed by atoms with Gasteiger partial charge in [-0.1, -0.05) is 30.3 Å². The quantitative estimate of drug-likeness (QED) is 0.230. The average molecular weight is 554 g/mol. The summed E-state index contributed by atoms with van der Waals surface area (Å²) in [6, 6.07) is 16.4. The normalized spacial score (nSPS) is 11.2. The summed E-state index contributed by atoms with van der Waals surface area (Å²) < 4.78 is 52.0. The molecule has 0 aliphatic heterocycles. The Labute approximate surface area is 237 Å². The first-order valence-electron chi connectivity index (χ1n) is 10.4. The number of phenolic OH excluding ortho intramolecular Hbond substituents is 1. The van der Waals surface area contributed by atoms with Gasteiger partial charge in [0.1, 0.15) is 10.6 Å². The second kappa shape index (κ2) is 12.6. The Hall–Kier alpha value is -2.92. The first-order chi connectivity index (χ1) is 16.9. The molecule has 0 bridgehead atoms. The van der Waals surface area contributed by atoms with Gasteiger partial charge in [-0.3, -0.25) is 9.78 Å². The number of nitrogens with zero attached hydrogens (tertiary/aromatic N) is 1. The molecule has 37 heavy (non-hydrogen) atoms. The molecule has 0 spiro atoms. The Morgan fingerprint density at radius 3 is 2.38 bits per heavy atom. The molecule has 0 aliphatic carbocycles. The summed E-state index contributed by atoms with van der Waals surface area (Å²) in [5, 5.41) is 18.9. The Morgan fingerprint density at radius 1 is 1.03 bits per heavy atom. The number of nitriles is 1. The number of carbonyl (C=O) groups excluding carboxylic acids is 1. The van der Waals surface area contributed by atoms with Crippen LogP contribution in [0, 0.1) is 11.3 Å². The zero-order valence-corrected chi connectivity index (χ0v) is 23.9. The molecule has 0 saturated carbocycles. The number of hydrogen-bond donors (Lipinski definition) is 2. The van der Waals surface area contributed by atoms with Gasteiger partial charge in [-0.2, -0.15) is 5.26 Å². The predicted molar refractivity (Wildman–Crippen MR) is 135 cm³/mol. The minimum Gasteiger partial charge on any atom is -0.507 e. The SMILES string of the molecule is CC(=O)OOc1cc(-c2ccccc2S(C)(=O)=O)ccc1CCNS(=O)(=O)c1cc(C#N)ccc1O.[Na]. The summed E-state index contributed by atoms with van der Waals surface area (Å²) in [6.45, 7) is 1.01. The zero-order valence-electron chi connectivity index (χ0n) is 20.3. The molecule has 0 atom stereocenters. The number of hydrogen-bond acceptors (Lipinski definition) is 9. The van der Waals surface area contributed by atoms with Crippen LogP contribution < -0.4 is 9.61 Å². The first-order valence-corrected chi connectivity index (χ1v) is 13.8. The van der Waals surface area contributed by atoms with Crippen LogP contribution >= 0.6 is 0 Å². The van der Waals surface area contributed by atoms with E-state index >= 15 is 0 Å². The average Bonchev–Trinajstić information content (AvgIpc) is 2.82. The van der Waals surface area contributed by atoms with E-state index in [2.05, 4.69) is 9.61 Å². The van der Waals surface area contributed by atoms with E-state index in [4.69, 9.17) is 10.1 Å². The molecular weight excluding hydrogens is 531 g/mol. The molecule has 0 amide bonds. The van der Waals surface area contributed by atoms with Crippen LogP contribution in [0.15, 0.2) is 70.5 Å². The van der Waals surface area contributed by atoms with Gasteiger partial charge >= 0.3 is 5.97 Å². The van der Waals surface area contributed by atoms with Crippen LogP contribution in [0.3, 0.4) is 0 Å². The fraction of sp³-hybridized carbons (Fsp3) is 0.167. The van der Waals surface area contributed by atoms with E-state index in [1.165, 1.54) is 18.2 Å². The fourth-order valence-electron chi connectivity index (χ4n) is 3.33. The maximum atomic E-state index is 12.6. The number of sulfone groups is 1. The van der Waals surface area contributed by atoms with Gasteiger partial charge in [-0.25, -0.2) is 26.4 Å². The van der Waals surface area contributed by atoms with E-state index in [0.717, 1.165) is 25.3 Å². The molecule has 0 aliphatic rings. The van der Waals surface area contributed by atoms with Crippen molar-refractivity contribution < 1.29 is 36.5 Å². The van der Waals surface area contributed by atoms with Crippen LogP contribution in [0.25, 0.3) is 11.1 Å². The molecule has 0 aromatic heterocycles. The van der Waals surface area contributed by atoms with Gasteiger partial charge in [0, 0.05) is 60.4 Å². The molecule has 3 aromatic rings.